The highest BCUT2D eigenvalue weighted by Gasteiger charge is 2.29. The molecule has 0 aromatic heterocycles. The normalized spacial score (nSPS) is 13.5. The lowest BCUT2D eigenvalue weighted by atomic mass is 10.0. The molecule has 0 radical (unpaired) electrons. The summed E-state index contributed by atoms with van der Waals surface area (Å²) in [6.45, 7) is 4.39. The first kappa shape index (κ1) is 18.2. The number of rotatable bonds is 7. The van der Waals surface area contributed by atoms with Gasteiger partial charge in [-0.2, -0.15) is 0 Å². The third kappa shape index (κ3) is 5.45. The zero-order chi connectivity index (χ0) is 18.5. The van der Waals surface area contributed by atoms with E-state index in [0.29, 0.717) is 18.0 Å². The van der Waals surface area contributed by atoms with E-state index in [4.69, 9.17) is 0 Å². The van der Waals surface area contributed by atoms with Gasteiger partial charge in [0.05, 0.1) is 6.42 Å². The van der Waals surface area contributed by atoms with E-state index in [1.807, 2.05) is 30.3 Å². The van der Waals surface area contributed by atoms with Gasteiger partial charge in [0, 0.05) is 17.3 Å². The Morgan fingerprint density at radius 1 is 0.962 bits per heavy atom. The maximum atomic E-state index is 12.3. The first-order valence-electron chi connectivity index (χ1n) is 9.28. The van der Waals surface area contributed by atoms with Gasteiger partial charge in [-0.1, -0.05) is 44.2 Å². The Hall–Kier alpha value is -2.62. The van der Waals surface area contributed by atoms with Crippen molar-refractivity contribution < 1.29 is 9.59 Å². The molecule has 26 heavy (non-hydrogen) atoms. The largest absolute Gasteiger partial charge is 0.326 e. The van der Waals surface area contributed by atoms with Crippen LogP contribution in [0.5, 0.6) is 0 Å². The van der Waals surface area contributed by atoms with Gasteiger partial charge in [-0.25, -0.2) is 0 Å². The van der Waals surface area contributed by atoms with Crippen molar-refractivity contribution in [3.05, 3.63) is 59.7 Å². The van der Waals surface area contributed by atoms with Gasteiger partial charge in [-0.05, 0) is 54.5 Å². The van der Waals surface area contributed by atoms with Crippen molar-refractivity contribution >= 4 is 23.2 Å². The predicted molar refractivity (Wildman–Crippen MR) is 105 cm³/mol. The summed E-state index contributed by atoms with van der Waals surface area (Å²) in [5, 5.41) is 5.80. The first-order valence-corrected chi connectivity index (χ1v) is 9.28. The molecular weight excluding hydrogens is 324 g/mol. The summed E-state index contributed by atoms with van der Waals surface area (Å²) in [5.74, 6) is 0.783. The van der Waals surface area contributed by atoms with Gasteiger partial charge in [0.25, 0.3) is 0 Å². The fourth-order valence-corrected chi connectivity index (χ4v) is 2.92. The molecule has 2 aromatic carbocycles. The number of hydrogen-bond donors (Lipinski definition) is 2. The van der Waals surface area contributed by atoms with E-state index in [0.717, 1.165) is 30.5 Å². The van der Waals surface area contributed by atoms with Crippen molar-refractivity contribution in [1.29, 1.82) is 0 Å². The van der Waals surface area contributed by atoms with Gasteiger partial charge in [0.15, 0.2) is 0 Å². The highest BCUT2D eigenvalue weighted by atomic mass is 16.2. The molecule has 4 heteroatoms. The van der Waals surface area contributed by atoms with E-state index in [-0.39, 0.29) is 17.7 Å². The van der Waals surface area contributed by atoms with Crippen LogP contribution >= 0.6 is 0 Å². The van der Waals surface area contributed by atoms with Crippen LogP contribution in [-0.2, 0) is 22.4 Å². The van der Waals surface area contributed by atoms with Crippen molar-refractivity contribution in [2.75, 3.05) is 10.6 Å². The second-order valence-electron chi connectivity index (χ2n) is 7.48. The highest BCUT2D eigenvalue weighted by molar-refractivity contribution is 5.96. The van der Waals surface area contributed by atoms with E-state index < -0.39 is 0 Å². The first-order chi connectivity index (χ1) is 12.5. The number of carbonyl (C=O) groups is 2. The molecular formula is C22H26N2O2. The van der Waals surface area contributed by atoms with Gasteiger partial charge >= 0.3 is 0 Å². The summed E-state index contributed by atoms with van der Waals surface area (Å²) in [5.41, 5.74) is 3.70. The zero-order valence-electron chi connectivity index (χ0n) is 15.4. The molecule has 0 unspecified atom stereocenters. The summed E-state index contributed by atoms with van der Waals surface area (Å²) in [6.07, 6.45) is 3.32. The van der Waals surface area contributed by atoms with Gasteiger partial charge in [0.1, 0.15) is 0 Å². The molecule has 4 nitrogen and oxygen atoms in total. The standard InChI is InChI=1S/C22H26N2O2/c1-15(2)12-16-6-8-17(9-7-16)13-21(25)23-19-4-3-5-20(14-19)24-22(26)18-10-11-18/h3-9,14-15,18H,10-13H2,1-2H3,(H,23,25)(H,24,26). The molecule has 1 aliphatic rings. The molecule has 1 aliphatic carbocycles. The third-order valence-electron chi connectivity index (χ3n) is 4.39. The Labute approximate surface area is 155 Å². The lowest BCUT2D eigenvalue weighted by molar-refractivity contribution is -0.117. The van der Waals surface area contributed by atoms with Crippen LogP contribution in [0.4, 0.5) is 11.4 Å². The second kappa shape index (κ2) is 8.17. The smallest absolute Gasteiger partial charge is 0.228 e. The molecule has 0 heterocycles. The molecule has 1 fully saturated rings. The monoisotopic (exact) mass is 350 g/mol. The van der Waals surface area contributed by atoms with Crippen LogP contribution in [0.15, 0.2) is 48.5 Å². The summed E-state index contributed by atoms with van der Waals surface area (Å²) in [6, 6.07) is 15.5. The lowest BCUT2D eigenvalue weighted by Gasteiger charge is -2.09. The van der Waals surface area contributed by atoms with E-state index >= 15 is 0 Å². The van der Waals surface area contributed by atoms with Crippen LogP contribution in [0, 0.1) is 11.8 Å². The van der Waals surface area contributed by atoms with Crippen LogP contribution in [0.2, 0.25) is 0 Å². The number of carbonyl (C=O) groups excluding carboxylic acids is 2. The fraction of sp³-hybridized carbons (Fsp3) is 0.364. The minimum Gasteiger partial charge on any atom is -0.326 e. The van der Waals surface area contributed by atoms with Crippen molar-refractivity contribution in [2.24, 2.45) is 11.8 Å². The maximum absolute atomic E-state index is 12.3. The molecule has 0 saturated heterocycles. The number of amides is 2. The lowest BCUT2D eigenvalue weighted by Crippen LogP contribution is -2.16. The molecule has 136 valence electrons. The fourth-order valence-electron chi connectivity index (χ4n) is 2.92. The Kier molecular flexibility index (Phi) is 5.71. The Balaban J connectivity index is 1.55. The van der Waals surface area contributed by atoms with Crippen molar-refractivity contribution in [3.63, 3.8) is 0 Å². The summed E-state index contributed by atoms with van der Waals surface area (Å²) in [4.78, 5) is 24.1. The van der Waals surface area contributed by atoms with Gasteiger partial charge in [-0.15, -0.1) is 0 Å². The SMILES string of the molecule is CC(C)Cc1ccc(CC(=O)Nc2cccc(NC(=O)C3CC3)c2)cc1. The Morgan fingerprint density at radius 3 is 2.19 bits per heavy atom. The number of hydrogen-bond acceptors (Lipinski definition) is 2. The van der Waals surface area contributed by atoms with Crippen molar-refractivity contribution in [1.82, 2.24) is 0 Å². The average molecular weight is 350 g/mol. The molecule has 2 amide bonds. The zero-order valence-corrected chi connectivity index (χ0v) is 15.4. The van der Waals surface area contributed by atoms with Crippen LogP contribution in [-0.4, -0.2) is 11.8 Å². The summed E-state index contributed by atoms with van der Waals surface area (Å²) >= 11 is 0. The Bertz CT molecular complexity index is 777. The average Bonchev–Trinajstić information content (AvgIpc) is 3.41. The number of nitrogens with one attached hydrogen (secondary N) is 2. The minimum absolute atomic E-state index is 0.0627. The second-order valence-corrected chi connectivity index (χ2v) is 7.48. The van der Waals surface area contributed by atoms with Crippen molar-refractivity contribution in [3.8, 4) is 0 Å². The third-order valence-corrected chi connectivity index (χ3v) is 4.39. The highest BCUT2D eigenvalue weighted by Crippen LogP contribution is 2.30. The quantitative estimate of drug-likeness (QED) is 0.777. The Morgan fingerprint density at radius 2 is 1.58 bits per heavy atom. The summed E-state index contributed by atoms with van der Waals surface area (Å²) < 4.78 is 0. The molecule has 1 saturated carbocycles. The van der Waals surface area contributed by atoms with Crippen LogP contribution in [0.25, 0.3) is 0 Å². The number of benzene rings is 2. The molecule has 2 aromatic rings. The topological polar surface area (TPSA) is 58.2 Å². The van der Waals surface area contributed by atoms with E-state index in [1.165, 1.54) is 5.56 Å². The van der Waals surface area contributed by atoms with E-state index in [2.05, 4.69) is 36.6 Å². The predicted octanol–water partition coefficient (Wildman–Crippen LogP) is 4.41. The molecule has 0 atom stereocenters. The van der Waals surface area contributed by atoms with E-state index in [9.17, 15) is 9.59 Å². The van der Waals surface area contributed by atoms with Crippen molar-refractivity contribution in [2.45, 2.75) is 39.5 Å². The van der Waals surface area contributed by atoms with Crippen LogP contribution in [0.3, 0.4) is 0 Å². The van der Waals surface area contributed by atoms with Gasteiger partial charge in [-0.3, -0.25) is 9.59 Å². The molecule has 0 spiro atoms. The van der Waals surface area contributed by atoms with Gasteiger partial charge in [0.2, 0.25) is 11.8 Å². The molecule has 0 bridgehead atoms. The van der Waals surface area contributed by atoms with Crippen LogP contribution in [0.1, 0.15) is 37.8 Å². The number of anilines is 2. The molecule has 2 N–H and O–H groups in total. The summed E-state index contributed by atoms with van der Waals surface area (Å²) in [7, 11) is 0. The van der Waals surface area contributed by atoms with Gasteiger partial charge < -0.3 is 10.6 Å². The van der Waals surface area contributed by atoms with E-state index in [1.54, 1.807) is 6.07 Å². The molecule has 3 rings (SSSR count). The maximum Gasteiger partial charge on any atom is 0.228 e. The van der Waals surface area contributed by atoms with Crippen LogP contribution < -0.4 is 10.6 Å². The minimum atomic E-state index is -0.0627. The molecule has 0 aliphatic heterocycles.